The summed E-state index contributed by atoms with van der Waals surface area (Å²) < 4.78 is 40.8. The highest BCUT2D eigenvalue weighted by atomic mass is 19.2. The number of hydrogen-bond acceptors (Lipinski definition) is 3. The lowest BCUT2D eigenvalue weighted by Gasteiger charge is -2.01. The fraction of sp³-hybridized carbons (Fsp3) is 0. The number of allylic oxidation sites excluding steroid dienone is 14. The Morgan fingerprint density at radius 3 is 1.52 bits per heavy atom. The molecule has 0 heterocycles. The zero-order chi connectivity index (χ0) is 20.7. The molecule has 3 aliphatic carbocycles. The SMILES string of the molecule is N#CC(=C1C(=C2C=CC(=O)C=C2)C1=C1C=CC(=O)C=C1)c1cc(F)c(F)c(F)c1. The molecule has 1 aromatic rings. The third-order valence-corrected chi connectivity index (χ3v) is 4.61. The van der Waals surface area contributed by atoms with Gasteiger partial charge in [0.1, 0.15) is 6.07 Å². The Morgan fingerprint density at radius 2 is 1.14 bits per heavy atom. The fourth-order valence-electron chi connectivity index (χ4n) is 3.22. The van der Waals surface area contributed by atoms with Crippen LogP contribution in [0.2, 0.25) is 0 Å². The third kappa shape index (κ3) is 3.23. The highest BCUT2D eigenvalue weighted by Gasteiger charge is 2.38. The van der Waals surface area contributed by atoms with Gasteiger partial charge in [0.25, 0.3) is 0 Å². The maximum atomic E-state index is 13.7. The Morgan fingerprint density at radius 1 is 0.724 bits per heavy atom. The van der Waals surface area contributed by atoms with Crippen molar-refractivity contribution in [1.29, 1.82) is 5.26 Å². The lowest BCUT2D eigenvalue weighted by molar-refractivity contribution is -0.111. The molecule has 140 valence electrons. The predicted molar refractivity (Wildman–Crippen MR) is 99.5 cm³/mol. The predicted octanol–water partition coefficient (Wildman–Crippen LogP) is 4.38. The van der Waals surface area contributed by atoms with Crippen molar-refractivity contribution in [2.24, 2.45) is 0 Å². The Hall–Kier alpha value is -3.98. The maximum Gasteiger partial charge on any atom is 0.194 e. The van der Waals surface area contributed by atoms with E-state index in [1.165, 1.54) is 24.3 Å². The largest absolute Gasteiger partial charge is 0.290 e. The van der Waals surface area contributed by atoms with Crippen LogP contribution in [0.15, 0.2) is 88.6 Å². The molecular formula is C23H10F3NO2. The van der Waals surface area contributed by atoms with E-state index in [0.717, 1.165) is 12.1 Å². The van der Waals surface area contributed by atoms with E-state index in [-0.39, 0.29) is 22.7 Å². The van der Waals surface area contributed by atoms with E-state index in [1.807, 2.05) is 6.07 Å². The van der Waals surface area contributed by atoms with Gasteiger partial charge in [-0.25, -0.2) is 13.2 Å². The van der Waals surface area contributed by atoms with Gasteiger partial charge < -0.3 is 0 Å². The maximum absolute atomic E-state index is 13.7. The molecule has 29 heavy (non-hydrogen) atoms. The van der Waals surface area contributed by atoms with Crippen molar-refractivity contribution in [3.8, 4) is 6.07 Å². The molecule has 0 aromatic heterocycles. The van der Waals surface area contributed by atoms with Crippen molar-refractivity contribution >= 4 is 17.1 Å². The highest BCUT2D eigenvalue weighted by molar-refractivity contribution is 6.06. The molecule has 1 fully saturated rings. The first-order valence-corrected chi connectivity index (χ1v) is 8.50. The van der Waals surface area contributed by atoms with Crippen LogP contribution in [0.5, 0.6) is 0 Å². The second-order valence-corrected chi connectivity index (χ2v) is 6.41. The normalized spacial score (nSPS) is 17.4. The van der Waals surface area contributed by atoms with E-state index in [0.29, 0.717) is 27.9 Å². The lowest BCUT2D eigenvalue weighted by atomic mass is 10.0. The molecule has 1 saturated carbocycles. The van der Waals surface area contributed by atoms with Crippen molar-refractivity contribution in [2.75, 3.05) is 0 Å². The number of nitriles is 1. The van der Waals surface area contributed by atoms with E-state index in [2.05, 4.69) is 0 Å². The smallest absolute Gasteiger partial charge is 0.194 e. The monoisotopic (exact) mass is 389 g/mol. The minimum absolute atomic E-state index is 0.0369. The van der Waals surface area contributed by atoms with E-state index in [1.54, 1.807) is 24.3 Å². The molecule has 0 N–H and O–H groups in total. The van der Waals surface area contributed by atoms with Crippen LogP contribution in [0.25, 0.3) is 5.57 Å². The molecule has 1 aromatic carbocycles. The summed E-state index contributed by atoms with van der Waals surface area (Å²) in [5, 5.41) is 9.69. The third-order valence-electron chi connectivity index (χ3n) is 4.61. The number of benzene rings is 1. The first-order valence-electron chi connectivity index (χ1n) is 8.50. The topological polar surface area (TPSA) is 57.9 Å². The van der Waals surface area contributed by atoms with Gasteiger partial charge in [0, 0.05) is 5.57 Å². The summed E-state index contributed by atoms with van der Waals surface area (Å²) in [6, 6.07) is 3.46. The molecule has 0 unspecified atom stereocenters. The van der Waals surface area contributed by atoms with Crippen LogP contribution in [0, 0.1) is 28.8 Å². The number of carbonyl (C=O) groups excluding carboxylic acids is 2. The molecule has 4 rings (SSSR count). The van der Waals surface area contributed by atoms with E-state index < -0.39 is 17.5 Å². The molecule has 0 aliphatic heterocycles. The number of halogens is 3. The van der Waals surface area contributed by atoms with E-state index in [9.17, 15) is 28.0 Å². The summed E-state index contributed by atoms with van der Waals surface area (Å²) in [5.41, 5.74) is 2.79. The zero-order valence-electron chi connectivity index (χ0n) is 14.7. The number of hydrogen-bond donors (Lipinski definition) is 0. The van der Waals surface area contributed by atoms with Gasteiger partial charge in [0.2, 0.25) is 0 Å². The van der Waals surface area contributed by atoms with Gasteiger partial charge >= 0.3 is 0 Å². The fourth-order valence-corrected chi connectivity index (χ4v) is 3.22. The van der Waals surface area contributed by atoms with Gasteiger partial charge in [-0.2, -0.15) is 5.26 Å². The molecule has 0 saturated heterocycles. The molecule has 0 bridgehead atoms. The minimum atomic E-state index is -1.61. The standard InChI is InChI=1S/C23H10F3NO2/c24-18-9-14(10-19(25)23(18)26)17(11-27)22-20(12-1-5-15(28)6-2-12)21(22)13-3-7-16(29)8-4-13/h1-10H. The van der Waals surface area contributed by atoms with Crippen LogP contribution in [-0.4, -0.2) is 11.6 Å². The molecule has 3 nitrogen and oxygen atoms in total. The number of rotatable bonds is 1. The van der Waals surface area contributed by atoms with Crippen LogP contribution in [0.3, 0.4) is 0 Å². The average molecular weight is 389 g/mol. The number of carbonyl (C=O) groups is 2. The first kappa shape index (κ1) is 18.4. The van der Waals surface area contributed by atoms with Crippen molar-refractivity contribution in [2.45, 2.75) is 0 Å². The van der Waals surface area contributed by atoms with Gasteiger partial charge in [0.05, 0.1) is 5.57 Å². The van der Waals surface area contributed by atoms with Crippen LogP contribution in [0.1, 0.15) is 5.56 Å². The summed E-state index contributed by atoms with van der Waals surface area (Å²) in [6.45, 7) is 0. The quantitative estimate of drug-likeness (QED) is 0.529. The van der Waals surface area contributed by atoms with Gasteiger partial charge in [-0.15, -0.1) is 0 Å². The summed E-state index contributed by atoms with van der Waals surface area (Å²) in [7, 11) is 0. The molecule has 0 spiro atoms. The zero-order valence-corrected chi connectivity index (χ0v) is 14.7. The Kier molecular flexibility index (Phi) is 4.36. The second-order valence-electron chi connectivity index (χ2n) is 6.41. The number of nitrogens with zero attached hydrogens (tertiary/aromatic N) is 1. The lowest BCUT2D eigenvalue weighted by Crippen LogP contribution is -1.94. The molecule has 3 aliphatic rings. The Labute approximate surface area is 163 Å². The molecule has 0 amide bonds. The van der Waals surface area contributed by atoms with Crippen molar-refractivity contribution in [1.82, 2.24) is 0 Å². The van der Waals surface area contributed by atoms with E-state index in [4.69, 9.17) is 0 Å². The van der Waals surface area contributed by atoms with Crippen LogP contribution < -0.4 is 0 Å². The molecule has 6 heteroatoms. The van der Waals surface area contributed by atoms with Crippen LogP contribution >= 0.6 is 0 Å². The average Bonchev–Trinajstić information content (AvgIpc) is 3.43. The summed E-state index contributed by atoms with van der Waals surface area (Å²) in [5.74, 6) is -4.80. The summed E-state index contributed by atoms with van der Waals surface area (Å²) >= 11 is 0. The second kappa shape index (κ2) is 6.88. The van der Waals surface area contributed by atoms with Crippen molar-refractivity contribution in [3.05, 3.63) is 112 Å². The Balaban J connectivity index is 1.98. The van der Waals surface area contributed by atoms with Crippen LogP contribution in [-0.2, 0) is 9.59 Å². The molecule has 0 radical (unpaired) electrons. The van der Waals surface area contributed by atoms with Gasteiger partial charge in [-0.3, -0.25) is 9.59 Å². The highest BCUT2D eigenvalue weighted by Crippen LogP contribution is 2.54. The van der Waals surface area contributed by atoms with Crippen molar-refractivity contribution < 1.29 is 22.8 Å². The van der Waals surface area contributed by atoms with Crippen LogP contribution in [0.4, 0.5) is 13.2 Å². The molecule has 0 atom stereocenters. The molecular weight excluding hydrogens is 379 g/mol. The van der Waals surface area contributed by atoms with E-state index >= 15 is 0 Å². The van der Waals surface area contributed by atoms with Gasteiger partial charge in [-0.05, 0) is 64.3 Å². The van der Waals surface area contributed by atoms with Gasteiger partial charge in [0.15, 0.2) is 29.0 Å². The summed E-state index contributed by atoms with van der Waals surface area (Å²) in [4.78, 5) is 22.8. The number of ketones is 2. The summed E-state index contributed by atoms with van der Waals surface area (Å²) in [6.07, 6.45) is 11.8. The first-order chi connectivity index (χ1) is 13.9. The minimum Gasteiger partial charge on any atom is -0.290 e. The van der Waals surface area contributed by atoms with Gasteiger partial charge in [-0.1, -0.05) is 24.3 Å². The Bertz CT molecular complexity index is 1140. The van der Waals surface area contributed by atoms with Crippen molar-refractivity contribution in [3.63, 3.8) is 0 Å².